The zero-order valence-corrected chi connectivity index (χ0v) is 21.3. The Morgan fingerprint density at radius 2 is 1.69 bits per heavy atom. The smallest absolute Gasteiger partial charge is 0.251 e. The van der Waals surface area contributed by atoms with Crippen molar-refractivity contribution in [3.63, 3.8) is 0 Å². The van der Waals surface area contributed by atoms with Crippen molar-refractivity contribution in [3.05, 3.63) is 71.5 Å². The van der Waals surface area contributed by atoms with Crippen molar-refractivity contribution >= 4 is 29.3 Å². The number of para-hydroxylation sites is 1. The minimum atomic E-state index is -0.313. The lowest BCUT2D eigenvalue weighted by Crippen LogP contribution is -2.49. The second-order valence-corrected chi connectivity index (χ2v) is 9.58. The predicted molar refractivity (Wildman–Crippen MR) is 139 cm³/mol. The molecule has 9 heteroatoms. The first kappa shape index (κ1) is 24.8. The molecule has 35 heavy (non-hydrogen) atoms. The zero-order chi connectivity index (χ0) is 24.8. The van der Waals surface area contributed by atoms with Gasteiger partial charge >= 0.3 is 0 Å². The first-order chi connectivity index (χ1) is 17.0. The van der Waals surface area contributed by atoms with Crippen molar-refractivity contribution in [1.29, 1.82) is 0 Å². The summed E-state index contributed by atoms with van der Waals surface area (Å²) >= 11 is 1.40. The van der Waals surface area contributed by atoms with Crippen LogP contribution >= 0.6 is 11.8 Å². The number of aromatic nitrogens is 3. The van der Waals surface area contributed by atoms with E-state index < -0.39 is 0 Å². The van der Waals surface area contributed by atoms with Crippen LogP contribution in [0.2, 0.25) is 0 Å². The first-order valence-electron chi connectivity index (χ1n) is 12.0. The number of nitrogens with one attached hydrogen (secondary N) is 1. The van der Waals surface area contributed by atoms with Crippen LogP contribution in [0.25, 0.3) is 0 Å². The predicted octanol–water partition coefficient (Wildman–Crippen LogP) is 3.54. The number of amides is 2. The molecular formula is C26H32N6O2S. The fourth-order valence-electron chi connectivity index (χ4n) is 4.14. The van der Waals surface area contributed by atoms with Gasteiger partial charge in [-0.05, 0) is 45.0 Å². The van der Waals surface area contributed by atoms with Gasteiger partial charge in [0.1, 0.15) is 0 Å². The number of nitrogens with zero attached hydrogens (tertiary/aromatic N) is 5. The van der Waals surface area contributed by atoms with Gasteiger partial charge < -0.3 is 19.7 Å². The van der Waals surface area contributed by atoms with Crippen molar-refractivity contribution < 1.29 is 9.59 Å². The highest BCUT2D eigenvalue weighted by atomic mass is 32.2. The van der Waals surface area contributed by atoms with Crippen LogP contribution in [0.15, 0.2) is 59.8 Å². The fraction of sp³-hybridized carbons (Fsp3) is 0.385. The molecule has 1 saturated heterocycles. The van der Waals surface area contributed by atoms with Crippen molar-refractivity contribution in [2.75, 3.05) is 36.8 Å². The number of thioether (sulfide) groups is 1. The van der Waals surface area contributed by atoms with E-state index in [1.807, 2.05) is 72.7 Å². The van der Waals surface area contributed by atoms with Crippen LogP contribution in [0.5, 0.6) is 0 Å². The van der Waals surface area contributed by atoms with Gasteiger partial charge in [0.2, 0.25) is 5.91 Å². The quantitative estimate of drug-likeness (QED) is 0.485. The van der Waals surface area contributed by atoms with Crippen LogP contribution < -0.4 is 10.2 Å². The van der Waals surface area contributed by atoms with Crippen LogP contribution in [-0.2, 0) is 11.3 Å². The Bertz CT molecular complexity index is 1140. The molecule has 0 aliphatic carbocycles. The third-order valence-electron chi connectivity index (χ3n) is 6.19. The number of rotatable bonds is 8. The summed E-state index contributed by atoms with van der Waals surface area (Å²) in [5, 5.41) is 12.3. The van der Waals surface area contributed by atoms with E-state index in [9.17, 15) is 9.59 Å². The molecule has 3 aromatic rings. The lowest BCUT2D eigenvalue weighted by atomic mass is 10.1. The van der Waals surface area contributed by atoms with Gasteiger partial charge in [-0.3, -0.25) is 9.59 Å². The molecule has 4 rings (SSSR count). The molecule has 1 atom stereocenters. The summed E-state index contributed by atoms with van der Waals surface area (Å²) in [6.45, 7) is 9.62. The molecule has 1 fully saturated rings. The lowest BCUT2D eigenvalue weighted by Gasteiger charge is -2.36. The normalized spacial score (nSPS) is 14.6. The largest absolute Gasteiger partial charge is 0.368 e. The Morgan fingerprint density at radius 3 is 2.34 bits per heavy atom. The number of carbonyl (C=O) groups is 2. The van der Waals surface area contributed by atoms with Gasteiger partial charge in [0.05, 0.1) is 11.8 Å². The summed E-state index contributed by atoms with van der Waals surface area (Å²) in [4.78, 5) is 29.7. The number of benzene rings is 2. The van der Waals surface area contributed by atoms with E-state index in [1.54, 1.807) is 0 Å². The van der Waals surface area contributed by atoms with Gasteiger partial charge in [0.15, 0.2) is 11.0 Å². The number of anilines is 1. The second-order valence-electron chi connectivity index (χ2n) is 8.64. The van der Waals surface area contributed by atoms with Gasteiger partial charge in [-0.1, -0.05) is 47.7 Å². The maximum Gasteiger partial charge on any atom is 0.251 e. The highest BCUT2D eigenvalue weighted by Crippen LogP contribution is 2.22. The molecule has 0 bridgehead atoms. The molecule has 184 valence electrons. The summed E-state index contributed by atoms with van der Waals surface area (Å²) in [7, 11) is 0. The summed E-state index contributed by atoms with van der Waals surface area (Å²) in [5.74, 6) is 0.949. The van der Waals surface area contributed by atoms with Crippen LogP contribution in [0.3, 0.4) is 0 Å². The van der Waals surface area contributed by atoms with E-state index in [0.717, 1.165) is 18.7 Å². The van der Waals surface area contributed by atoms with Crippen molar-refractivity contribution in [3.8, 4) is 0 Å². The minimum Gasteiger partial charge on any atom is -0.368 e. The SMILES string of the molecule is CCn1c(SCC(=O)N2CCN(c3ccccc3)CC2)nnc1[C@H](C)NC(=O)c1ccc(C)cc1. The molecule has 0 unspecified atom stereocenters. The van der Waals surface area contributed by atoms with Gasteiger partial charge in [-0.25, -0.2) is 0 Å². The number of piperazine rings is 1. The second kappa shape index (κ2) is 11.4. The molecule has 2 aromatic carbocycles. The fourth-order valence-corrected chi connectivity index (χ4v) is 5.06. The highest BCUT2D eigenvalue weighted by molar-refractivity contribution is 7.99. The Balaban J connectivity index is 1.31. The van der Waals surface area contributed by atoms with Gasteiger partial charge in [-0.15, -0.1) is 10.2 Å². The summed E-state index contributed by atoms with van der Waals surface area (Å²) in [6, 6.07) is 17.4. The first-order valence-corrected chi connectivity index (χ1v) is 13.0. The van der Waals surface area contributed by atoms with Gasteiger partial charge in [-0.2, -0.15) is 0 Å². The van der Waals surface area contributed by atoms with Crippen LogP contribution in [0.1, 0.15) is 41.6 Å². The molecule has 8 nitrogen and oxygen atoms in total. The standard InChI is InChI=1S/C26H32N6O2S/c1-4-32-24(20(3)27-25(34)21-12-10-19(2)11-13-21)28-29-26(32)35-18-23(33)31-16-14-30(15-17-31)22-8-6-5-7-9-22/h5-13,20H,4,14-18H2,1-3H3,(H,27,34)/t20-/m0/s1. The summed E-state index contributed by atoms with van der Waals surface area (Å²) in [6.07, 6.45) is 0. The molecule has 1 N–H and O–H groups in total. The van der Waals surface area contributed by atoms with E-state index in [2.05, 4.69) is 32.5 Å². The van der Waals surface area contributed by atoms with E-state index in [-0.39, 0.29) is 17.9 Å². The highest BCUT2D eigenvalue weighted by Gasteiger charge is 2.23. The molecule has 0 radical (unpaired) electrons. The minimum absolute atomic E-state index is 0.107. The average molecular weight is 493 g/mol. The van der Waals surface area contributed by atoms with E-state index in [1.165, 1.54) is 17.4 Å². The zero-order valence-electron chi connectivity index (χ0n) is 20.5. The van der Waals surface area contributed by atoms with Crippen molar-refractivity contribution in [2.45, 2.75) is 38.5 Å². The molecule has 2 amide bonds. The molecule has 0 spiro atoms. The Labute approximate surface area is 210 Å². The molecule has 2 heterocycles. The topological polar surface area (TPSA) is 83.4 Å². The molecule has 1 aliphatic heterocycles. The van der Waals surface area contributed by atoms with E-state index >= 15 is 0 Å². The number of aryl methyl sites for hydroxylation is 1. The monoisotopic (exact) mass is 492 g/mol. The van der Waals surface area contributed by atoms with Crippen LogP contribution in [-0.4, -0.2) is 63.4 Å². The number of hydrogen-bond donors (Lipinski definition) is 1. The third kappa shape index (κ3) is 6.03. The number of hydrogen-bond acceptors (Lipinski definition) is 6. The molecular weight excluding hydrogens is 460 g/mol. The summed E-state index contributed by atoms with van der Waals surface area (Å²) < 4.78 is 1.96. The van der Waals surface area contributed by atoms with E-state index in [4.69, 9.17) is 0 Å². The molecule has 0 saturated carbocycles. The van der Waals surface area contributed by atoms with Gasteiger partial charge in [0, 0.05) is 44.0 Å². The maximum atomic E-state index is 12.9. The Hall–Kier alpha value is -3.33. The third-order valence-corrected chi connectivity index (χ3v) is 7.14. The van der Waals surface area contributed by atoms with Crippen molar-refractivity contribution in [1.82, 2.24) is 25.0 Å². The molecule has 1 aromatic heterocycles. The van der Waals surface area contributed by atoms with Crippen LogP contribution in [0, 0.1) is 6.92 Å². The Kier molecular flexibility index (Phi) is 8.07. The van der Waals surface area contributed by atoms with E-state index in [0.29, 0.717) is 41.9 Å². The van der Waals surface area contributed by atoms with Crippen LogP contribution in [0.4, 0.5) is 5.69 Å². The maximum absolute atomic E-state index is 12.9. The van der Waals surface area contributed by atoms with Gasteiger partial charge in [0.25, 0.3) is 5.91 Å². The average Bonchev–Trinajstić information content (AvgIpc) is 3.31. The summed E-state index contributed by atoms with van der Waals surface area (Å²) in [5.41, 5.74) is 2.91. The molecule has 1 aliphatic rings. The Morgan fingerprint density at radius 1 is 1.00 bits per heavy atom. The van der Waals surface area contributed by atoms with Crippen molar-refractivity contribution in [2.24, 2.45) is 0 Å². The lowest BCUT2D eigenvalue weighted by molar-refractivity contribution is -0.128. The number of carbonyl (C=O) groups excluding carboxylic acids is 2.